The molecular weight excluding hydrogens is 270 g/mol. The maximum atomic E-state index is 12.0. The molecule has 0 aliphatic rings. The van der Waals surface area contributed by atoms with Crippen LogP contribution in [0.1, 0.15) is 34.7 Å². The number of carbonyl (C=O) groups is 2. The zero-order valence-electron chi connectivity index (χ0n) is 12.1. The zero-order valence-corrected chi connectivity index (χ0v) is 12.1. The fraction of sp³-hybridized carbons (Fsp3) is 0.267. The van der Waals surface area contributed by atoms with E-state index >= 15 is 0 Å². The van der Waals surface area contributed by atoms with Gasteiger partial charge in [0.05, 0.1) is 12.8 Å². The van der Waals surface area contributed by atoms with Gasteiger partial charge in [-0.15, -0.1) is 0 Å². The van der Waals surface area contributed by atoms with Crippen molar-refractivity contribution in [1.29, 1.82) is 0 Å². The Kier molecular flexibility index (Phi) is 4.37. The van der Waals surface area contributed by atoms with E-state index in [2.05, 4.69) is 20.3 Å². The molecule has 110 valence electrons. The van der Waals surface area contributed by atoms with Crippen LogP contribution in [-0.4, -0.2) is 35.2 Å². The summed E-state index contributed by atoms with van der Waals surface area (Å²) >= 11 is 0. The first kappa shape index (κ1) is 14.8. The fourth-order valence-corrected chi connectivity index (χ4v) is 1.85. The molecule has 0 bridgehead atoms. The molecule has 1 aromatic carbocycles. The summed E-state index contributed by atoms with van der Waals surface area (Å²) in [5.74, 6) is -0.647. The molecule has 0 fully saturated rings. The van der Waals surface area contributed by atoms with Gasteiger partial charge in [-0.05, 0) is 32.0 Å². The Morgan fingerprint density at radius 3 is 2.71 bits per heavy atom. The quantitative estimate of drug-likeness (QED) is 0.842. The Balaban J connectivity index is 2.27. The molecule has 0 aliphatic carbocycles. The highest BCUT2D eigenvalue weighted by Gasteiger charge is 2.13. The Morgan fingerprint density at radius 2 is 2.05 bits per heavy atom. The van der Waals surface area contributed by atoms with Crippen molar-refractivity contribution in [3.63, 3.8) is 0 Å². The highest BCUT2D eigenvalue weighted by Crippen LogP contribution is 2.19. The lowest BCUT2D eigenvalue weighted by molar-refractivity contribution is 0.0594. The predicted molar refractivity (Wildman–Crippen MR) is 78.0 cm³/mol. The Labute approximate surface area is 122 Å². The molecule has 0 aliphatic heterocycles. The maximum absolute atomic E-state index is 12.0. The third kappa shape index (κ3) is 3.47. The van der Waals surface area contributed by atoms with E-state index in [1.54, 1.807) is 24.3 Å². The summed E-state index contributed by atoms with van der Waals surface area (Å²) in [6, 6.07) is 8.75. The second-order valence-electron chi connectivity index (χ2n) is 4.87. The number of rotatable bonds is 4. The first-order chi connectivity index (χ1) is 10.0. The monoisotopic (exact) mass is 287 g/mol. The number of aromatic nitrogens is 2. The lowest BCUT2D eigenvalue weighted by Gasteiger charge is -2.08. The van der Waals surface area contributed by atoms with Crippen LogP contribution in [0, 0.1) is 0 Å². The van der Waals surface area contributed by atoms with Crippen molar-refractivity contribution >= 4 is 11.9 Å². The van der Waals surface area contributed by atoms with Crippen molar-refractivity contribution in [2.75, 3.05) is 7.11 Å². The largest absolute Gasteiger partial charge is 0.464 e. The minimum Gasteiger partial charge on any atom is -0.464 e. The van der Waals surface area contributed by atoms with E-state index in [0.717, 1.165) is 5.56 Å². The van der Waals surface area contributed by atoms with Gasteiger partial charge in [-0.1, -0.05) is 12.1 Å². The summed E-state index contributed by atoms with van der Waals surface area (Å²) in [7, 11) is 1.30. The van der Waals surface area contributed by atoms with Crippen LogP contribution in [0.25, 0.3) is 11.3 Å². The van der Waals surface area contributed by atoms with E-state index < -0.39 is 5.97 Å². The molecule has 0 spiro atoms. The average Bonchev–Trinajstić information content (AvgIpc) is 2.95. The lowest BCUT2D eigenvalue weighted by atomic mass is 10.1. The topological polar surface area (TPSA) is 84.1 Å². The van der Waals surface area contributed by atoms with Crippen molar-refractivity contribution in [3.8, 4) is 11.3 Å². The van der Waals surface area contributed by atoms with Crippen molar-refractivity contribution in [2.24, 2.45) is 0 Å². The number of hydrogen-bond acceptors (Lipinski definition) is 4. The first-order valence-electron chi connectivity index (χ1n) is 6.56. The number of amides is 1. The summed E-state index contributed by atoms with van der Waals surface area (Å²) in [4.78, 5) is 23.4. The molecule has 2 N–H and O–H groups in total. The molecule has 21 heavy (non-hydrogen) atoms. The van der Waals surface area contributed by atoms with E-state index in [0.29, 0.717) is 11.3 Å². The predicted octanol–water partition coefficient (Wildman–Crippen LogP) is 2.00. The van der Waals surface area contributed by atoms with Crippen LogP contribution in [0.5, 0.6) is 0 Å². The molecule has 2 aromatic rings. The summed E-state index contributed by atoms with van der Waals surface area (Å²) in [5, 5.41) is 9.48. The summed E-state index contributed by atoms with van der Waals surface area (Å²) < 4.78 is 4.61. The van der Waals surface area contributed by atoms with Crippen LogP contribution < -0.4 is 5.32 Å². The van der Waals surface area contributed by atoms with Gasteiger partial charge < -0.3 is 10.1 Å². The number of aromatic amines is 1. The van der Waals surface area contributed by atoms with Gasteiger partial charge in [0.25, 0.3) is 5.91 Å². The van der Waals surface area contributed by atoms with E-state index in [4.69, 9.17) is 0 Å². The van der Waals surface area contributed by atoms with Crippen LogP contribution >= 0.6 is 0 Å². The molecule has 0 radical (unpaired) electrons. The highest BCUT2D eigenvalue weighted by atomic mass is 16.5. The smallest absolute Gasteiger partial charge is 0.358 e. The SMILES string of the molecule is COC(=O)c1cc(-c2cccc(C(=O)NC(C)C)c2)[nH]n1. The minimum absolute atomic E-state index is 0.0687. The molecular formula is C15H17N3O3. The van der Waals surface area contributed by atoms with Crippen molar-refractivity contribution in [2.45, 2.75) is 19.9 Å². The van der Waals surface area contributed by atoms with Crippen molar-refractivity contribution < 1.29 is 14.3 Å². The summed E-state index contributed by atoms with van der Waals surface area (Å²) in [5.41, 5.74) is 2.17. The van der Waals surface area contributed by atoms with Crippen LogP contribution in [0.15, 0.2) is 30.3 Å². The summed E-state index contributed by atoms with van der Waals surface area (Å²) in [6.45, 7) is 3.80. The molecule has 1 aromatic heterocycles. The third-order valence-electron chi connectivity index (χ3n) is 2.83. The fourth-order valence-electron chi connectivity index (χ4n) is 1.85. The number of hydrogen-bond donors (Lipinski definition) is 2. The van der Waals surface area contributed by atoms with Crippen LogP contribution in [0.2, 0.25) is 0 Å². The van der Waals surface area contributed by atoms with Crippen LogP contribution in [0.3, 0.4) is 0 Å². The molecule has 6 nitrogen and oxygen atoms in total. The standard InChI is InChI=1S/C15H17N3O3/c1-9(2)16-14(19)11-6-4-5-10(7-11)12-8-13(18-17-12)15(20)21-3/h4-9H,1-3H3,(H,16,19)(H,17,18). The molecule has 1 heterocycles. The molecule has 0 atom stereocenters. The van der Waals surface area contributed by atoms with Gasteiger partial charge in [0.2, 0.25) is 0 Å². The lowest BCUT2D eigenvalue weighted by Crippen LogP contribution is -2.30. The van der Waals surface area contributed by atoms with E-state index in [1.807, 2.05) is 19.9 Å². The summed E-state index contributed by atoms with van der Waals surface area (Å²) in [6.07, 6.45) is 0. The molecule has 1 amide bonds. The Hall–Kier alpha value is -2.63. The number of carbonyl (C=O) groups excluding carboxylic acids is 2. The number of nitrogens with zero attached hydrogens (tertiary/aromatic N) is 1. The Bertz CT molecular complexity index is 662. The van der Waals surface area contributed by atoms with Gasteiger partial charge in [-0.2, -0.15) is 5.10 Å². The number of nitrogens with one attached hydrogen (secondary N) is 2. The average molecular weight is 287 g/mol. The van der Waals surface area contributed by atoms with Crippen LogP contribution in [0.4, 0.5) is 0 Å². The number of benzene rings is 1. The van der Waals surface area contributed by atoms with E-state index in [9.17, 15) is 9.59 Å². The van der Waals surface area contributed by atoms with Gasteiger partial charge in [-0.25, -0.2) is 4.79 Å². The molecule has 0 saturated heterocycles. The maximum Gasteiger partial charge on any atom is 0.358 e. The number of esters is 1. The van der Waals surface area contributed by atoms with Crippen molar-refractivity contribution in [3.05, 3.63) is 41.6 Å². The zero-order chi connectivity index (χ0) is 15.4. The van der Waals surface area contributed by atoms with Gasteiger partial charge in [0, 0.05) is 17.2 Å². The van der Waals surface area contributed by atoms with Crippen LogP contribution in [-0.2, 0) is 4.74 Å². The second kappa shape index (κ2) is 6.21. The molecule has 0 unspecified atom stereocenters. The highest BCUT2D eigenvalue weighted by molar-refractivity contribution is 5.95. The van der Waals surface area contributed by atoms with Crippen molar-refractivity contribution in [1.82, 2.24) is 15.5 Å². The first-order valence-corrected chi connectivity index (χ1v) is 6.56. The van der Waals surface area contributed by atoms with E-state index in [1.165, 1.54) is 7.11 Å². The van der Waals surface area contributed by atoms with Gasteiger partial charge in [-0.3, -0.25) is 9.89 Å². The number of ether oxygens (including phenoxy) is 1. The number of H-pyrrole nitrogens is 1. The van der Waals surface area contributed by atoms with Gasteiger partial charge in [0.15, 0.2) is 5.69 Å². The molecule has 6 heteroatoms. The van der Waals surface area contributed by atoms with E-state index in [-0.39, 0.29) is 17.6 Å². The third-order valence-corrected chi connectivity index (χ3v) is 2.83. The second-order valence-corrected chi connectivity index (χ2v) is 4.87. The normalized spacial score (nSPS) is 10.5. The minimum atomic E-state index is -0.508. The van der Waals surface area contributed by atoms with Gasteiger partial charge in [0.1, 0.15) is 0 Å². The molecule has 0 saturated carbocycles. The van der Waals surface area contributed by atoms with Gasteiger partial charge >= 0.3 is 5.97 Å². The Morgan fingerprint density at radius 1 is 1.29 bits per heavy atom. The number of methoxy groups -OCH3 is 1. The molecule has 2 rings (SSSR count).